The Kier molecular flexibility index (Phi) is 5.49. The lowest BCUT2D eigenvalue weighted by Crippen LogP contribution is -2.61. The van der Waals surface area contributed by atoms with Crippen LogP contribution >= 0.6 is 0 Å². The van der Waals surface area contributed by atoms with E-state index in [1.165, 1.54) is 25.7 Å². The third-order valence-electron chi connectivity index (χ3n) is 5.10. The zero-order chi connectivity index (χ0) is 14.8. The molecule has 2 rings (SSSR count). The van der Waals surface area contributed by atoms with Crippen molar-refractivity contribution in [2.24, 2.45) is 5.41 Å². The minimum atomic E-state index is 0.378. The van der Waals surface area contributed by atoms with Crippen LogP contribution in [0.5, 0.6) is 0 Å². The molecule has 20 heavy (non-hydrogen) atoms. The highest BCUT2D eigenvalue weighted by molar-refractivity contribution is 4.97. The lowest BCUT2D eigenvalue weighted by Gasteiger charge is -2.50. The van der Waals surface area contributed by atoms with Gasteiger partial charge in [0.1, 0.15) is 0 Å². The molecule has 4 unspecified atom stereocenters. The van der Waals surface area contributed by atoms with Crippen LogP contribution in [0.25, 0.3) is 0 Å². The van der Waals surface area contributed by atoms with Crippen molar-refractivity contribution >= 4 is 0 Å². The van der Waals surface area contributed by atoms with Crippen LogP contribution in [0.1, 0.15) is 60.3 Å². The average Bonchev–Trinajstić information content (AvgIpc) is 2.39. The smallest absolute Gasteiger partial charge is 0.0674 e. The molecule has 118 valence electrons. The normalized spacial score (nSPS) is 38.9. The summed E-state index contributed by atoms with van der Waals surface area (Å²) in [5.74, 6) is 0. The summed E-state index contributed by atoms with van der Waals surface area (Å²) >= 11 is 0. The summed E-state index contributed by atoms with van der Waals surface area (Å²) < 4.78 is 5.82. The second-order valence-electron chi connectivity index (χ2n) is 7.72. The van der Waals surface area contributed by atoms with Crippen molar-refractivity contribution in [3.05, 3.63) is 0 Å². The molecule has 2 fully saturated rings. The maximum absolute atomic E-state index is 5.82. The molecule has 1 N–H and O–H groups in total. The largest absolute Gasteiger partial charge is 0.376 e. The fourth-order valence-corrected chi connectivity index (χ4v) is 3.86. The van der Waals surface area contributed by atoms with Gasteiger partial charge in [-0.2, -0.15) is 0 Å². The molecule has 1 aliphatic heterocycles. The van der Waals surface area contributed by atoms with Crippen LogP contribution in [0, 0.1) is 5.41 Å². The first-order valence-corrected chi connectivity index (χ1v) is 8.53. The Morgan fingerprint density at radius 3 is 2.75 bits per heavy atom. The summed E-state index contributed by atoms with van der Waals surface area (Å²) in [4.78, 5) is 2.72. The topological polar surface area (TPSA) is 24.5 Å². The lowest BCUT2D eigenvalue weighted by molar-refractivity contribution is -0.0846. The highest BCUT2D eigenvalue weighted by Crippen LogP contribution is 2.38. The fraction of sp³-hybridized carbons (Fsp3) is 1.00. The van der Waals surface area contributed by atoms with Crippen molar-refractivity contribution in [2.45, 2.75) is 84.5 Å². The second-order valence-corrected chi connectivity index (χ2v) is 7.72. The zero-order valence-corrected chi connectivity index (χ0v) is 14.1. The summed E-state index contributed by atoms with van der Waals surface area (Å²) in [5, 5.41) is 3.81. The highest BCUT2D eigenvalue weighted by Gasteiger charge is 2.40. The molecule has 2 aliphatic rings. The van der Waals surface area contributed by atoms with Crippen LogP contribution in [0.15, 0.2) is 0 Å². The quantitative estimate of drug-likeness (QED) is 0.858. The van der Waals surface area contributed by atoms with E-state index in [-0.39, 0.29) is 0 Å². The molecular formula is C17H34N2O. The Labute approximate surface area is 125 Å². The van der Waals surface area contributed by atoms with Gasteiger partial charge in [0.15, 0.2) is 0 Å². The van der Waals surface area contributed by atoms with Gasteiger partial charge >= 0.3 is 0 Å². The summed E-state index contributed by atoms with van der Waals surface area (Å²) in [6, 6.07) is 1.89. The third kappa shape index (κ3) is 3.96. The third-order valence-corrected chi connectivity index (χ3v) is 5.10. The number of rotatable bonds is 4. The van der Waals surface area contributed by atoms with E-state index in [9.17, 15) is 0 Å². The number of nitrogens with one attached hydrogen (secondary N) is 1. The summed E-state index contributed by atoms with van der Waals surface area (Å²) in [7, 11) is 0. The predicted molar refractivity (Wildman–Crippen MR) is 85.1 cm³/mol. The van der Waals surface area contributed by atoms with Gasteiger partial charge in [0.2, 0.25) is 0 Å². The van der Waals surface area contributed by atoms with Gasteiger partial charge in [-0.3, -0.25) is 4.90 Å². The first-order valence-electron chi connectivity index (χ1n) is 8.53. The first kappa shape index (κ1) is 16.3. The van der Waals surface area contributed by atoms with Gasteiger partial charge in [-0.05, 0) is 51.5 Å². The van der Waals surface area contributed by atoms with Crippen molar-refractivity contribution in [3.63, 3.8) is 0 Å². The average molecular weight is 282 g/mol. The molecule has 0 aromatic carbocycles. The minimum absolute atomic E-state index is 0.378. The molecule has 0 amide bonds. The molecule has 3 nitrogen and oxygen atoms in total. The summed E-state index contributed by atoms with van der Waals surface area (Å²) in [5.41, 5.74) is 0.482. The fourth-order valence-electron chi connectivity index (χ4n) is 3.86. The van der Waals surface area contributed by atoms with E-state index in [0.29, 0.717) is 29.6 Å². The molecule has 0 radical (unpaired) electrons. The molecule has 4 atom stereocenters. The van der Waals surface area contributed by atoms with Gasteiger partial charge < -0.3 is 10.1 Å². The van der Waals surface area contributed by atoms with Crippen LogP contribution in [0.3, 0.4) is 0 Å². The van der Waals surface area contributed by atoms with Crippen LogP contribution in [0.2, 0.25) is 0 Å². The molecule has 3 heteroatoms. The maximum atomic E-state index is 5.82. The highest BCUT2D eigenvalue weighted by atomic mass is 16.5. The maximum Gasteiger partial charge on any atom is 0.0674 e. The van der Waals surface area contributed by atoms with E-state index in [0.717, 1.165) is 19.7 Å². The van der Waals surface area contributed by atoms with E-state index in [1.807, 2.05) is 0 Å². The summed E-state index contributed by atoms with van der Waals surface area (Å²) in [6.45, 7) is 14.8. The number of hydrogen-bond donors (Lipinski definition) is 1. The zero-order valence-electron chi connectivity index (χ0n) is 14.1. The van der Waals surface area contributed by atoms with E-state index in [4.69, 9.17) is 4.74 Å². The van der Waals surface area contributed by atoms with E-state index in [2.05, 4.69) is 44.8 Å². The lowest BCUT2D eigenvalue weighted by atomic mass is 9.72. The van der Waals surface area contributed by atoms with Crippen molar-refractivity contribution in [3.8, 4) is 0 Å². The number of nitrogens with zero attached hydrogens (tertiary/aromatic N) is 1. The Hall–Kier alpha value is -0.120. The van der Waals surface area contributed by atoms with E-state index in [1.54, 1.807) is 0 Å². The Balaban J connectivity index is 2.08. The molecular weight excluding hydrogens is 248 g/mol. The standard InChI is InChI=1S/C17H34N2O/c1-6-9-18-15-7-8-17(4,5)10-16(15)19-11-14(3)20-12-13(19)2/h13-16,18H,6-12H2,1-5H3. The monoisotopic (exact) mass is 282 g/mol. The second kappa shape index (κ2) is 6.76. The van der Waals surface area contributed by atoms with Crippen LogP contribution in [0.4, 0.5) is 0 Å². The molecule has 1 heterocycles. The van der Waals surface area contributed by atoms with Crippen molar-refractivity contribution in [1.82, 2.24) is 10.2 Å². The van der Waals surface area contributed by atoms with Crippen LogP contribution in [-0.4, -0.2) is 48.8 Å². The molecule has 0 bridgehead atoms. The SMILES string of the molecule is CCCNC1CCC(C)(C)CC1N1CC(C)OCC1C. The Bertz CT molecular complexity index is 305. The Morgan fingerprint density at radius 1 is 1.30 bits per heavy atom. The number of morpholine rings is 1. The summed E-state index contributed by atoms with van der Waals surface area (Å²) in [6.07, 6.45) is 5.57. The van der Waals surface area contributed by atoms with Gasteiger partial charge in [-0.25, -0.2) is 0 Å². The van der Waals surface area contributed by atoms with Gasteiger partial charge in [0, 0.05) is 24.7 Å². The van der Waals surface area contributed by atoms with E-state index < -0.39 is 0 Å². The first-order chi connectivity index (χ1) is 9.43. The van der Waals surface area contributed by atoms with Crippen molar-refractivity contribution < 1.29 is 4.74 Å². The minimum Gasteiger partial charge on any atom is -0.376 e. The van der Waals surface area contributed by atoms with Gasteiger partial charge in [-0.15, -0.1) is 0 Å². The molecule has 1 saturated carbocycles. The van der Waals surface area contributed by atoms with Gasteiger partial charge in [0.05, 0.1) is 12.7 Å². The van der Waals surface area contributed by atoms with Crippen molar-refractivity contribution in [1.29, 1.82) is 0 Å². The van der Waals surface area contributed by atoms with E-state index >= 15 is 0 Å². The van der Waals surface area contributed by atoms with Crippen LogP contribution in [-0.2, 0) is 4.74 Å². The van der Waals surface area contributed by atoms with Crippen LogP contribution < -0.4 is 5.32 Å². The molecule has 0 aromatic rings. The molecule has 0 spiro atoms. The van der Waals surface area contributed by atoms with Gasteiger partial charge in [0.25, 0.3) is 0 Å². The molecule has 1 aliphatic carbocycles. The van der Waals surface area contributed by atoms with Gasteiger partial charge in [-0.1, -0.05) is 20.8 Å². The molecule has 0 aromatic heterocycles. The number of hydrogen-bond acceptors (Lipinski definition) is 3. The molecule has 1 saturated heterocycles. The predicted octanol–water partition coefficient (Wildman–Crippen LogP) is 3.04. The Morgan fingerprint density at radius 2 is 2.05 bits per heavy atom. The van der Waals surface area contributed by atoms with Crippen molar-refractivity contribution in [2.75, 3.05) is 19.7 Å². The number of ether oxygens (including phenoxy) is 1.